The molecule has 0 bridgehead atoms. The molecular formula is C28H30N2O7S2. The number of non-ortho nitro benzene ring substituents is 1. The molecule has 1 heterocycles. The highest BCUT2D eigenvalue weighted by molar-refractivity contribution is 8.00. The number of carbonyl (C=O) groups excluding carboxylic acids is 2. The maximum Gasteiger partial charge on any atom is 0.269 e. The van der Waals surface area contributed by atoms with Gasteiger partial charge < -0.3 is 14.2 Å². The Morgan fingerprint density at radius 2 is 1.79 bits per heavy atom. The molecule has 1 atom stereocenters. The standard InChI is InChI=1S/C28H30N2O7S2/c1-6-15-39-23-16-22(31)29(23)24(27(38)36-17-18-7-9-19(10-8-18)30(33)34)25(26(32)28(2,3)4)37-21-13-11-20(35-5)12-14-21/h6-14,23H,1,15-17H2,2-5H3. The molecule has 1 aliphatic rings. The molecule has 0 radical (unpaired) electrons. The third kappa shape index (κ3) is 7.45. The molecule has 0 N–H and O–H groups in total. The fourth-order valence-electron chi connectivity index (χ4n) is 3.50. The number of ether oxygens (including phenoxy) is 3. The zero-order valence-electron chi connectivity index (χ0n) is 22.2. The number of amides is 1. The second-order valence-electron chi connectivity index (χ2n) is 9.58. The molecule has 0 spiro atoms. The third-order valence-corrected chi connectivity index (χ3v) is 7.15. The predicted octanol–water partition coefficient (Wildman–Crippen LogP) is 5.83. The van der Waals surface area contributed by atoms with E-state index in [-0.39, 0.29) is 52.3 Å². The zero-order valence-corrected chi connectivity index (χ0v) is 23.8. The predicted molar refractivity (Wildman–Crippen MR) is 153 cm³/mol. The van der Waals surface area contributed by atoms with E-state index >= 15 is 0 Å². The van der Waals surface area contributed by atoms with Crippen LogP contribution in [0.4, 0.5) is 5.69 Å². The van der Waals surface area contributed by atoms with Crippen LogP contribution in [0.25, 0.3) is 0 Å². The summed E-state index contributed by atoms with van der Waals surface area (Å²) in [7, 11) is 1.54. The summed E-state index contributed by atoms with van der Waals surface area (Å²) >= 11 is 7.13. The van der Waals surface area contributed by atoms with E-state index in [4.69, 9.17) is 26.4 Å². The molecule has 1 fully saturated rings. The Labute approximate surface area is 237 Å². The van der Waals surface area contributed by atoms with Crippen LogP contribution in [0, 0.1) is 15.5 Å². The first-order chi connectivity index (χ1) is 18.5. The molecule has 1 amide bonds. The highest BCUT2D eigenvalue weighted by atomic mass is 32.2. The van der Waals surface area contributed by atoms with Gasteiger partial charge in [-0.05, 0) is 54.2 Å². The zero-order chi connectivity index (χ0) is 28.7. The monoisotopic (exact) mass is 570 g/mol. The Balaban J connectivity index is 2.05. The number of likely N-dealkylation sites (tertiary alicyclic amines) is 1. The van der Waals surface area contributed by atoms with E-state index in [9.17, 15) is 19.7 Å². The van der Waals surface area contributed by atoms with Crippen molar-refractivity contribution < 1.29 is 28.7 Å². The number of nitrogens with zero attached hydrogens (tertiary/aromatic N) is 2. The molecule has 0 aromatic heterocycles. The molecule has 1 aliphatic heterocycles. The fourth-order valence-corrected chi connectivity index (χ4v) is 4.75. The lowest BCUT2D eigenvalue weighted by molar-refractivity contribution is -0.384. The van der Waals surface area contributed by atoms with Gasteiger partial charge in [0.05, 0.1) is 23.8 Å². The number of nitro benzene ring substituents is 1. The van der Waals surface area contributed by atoms with E-state index in [1.165, 1.54) is 28.8 Å². The minimum Gasteiger partial charge on any atom is -0.497 e. The van der Waals surface area contributed by atoms with Gasteiger partial charge in [0.15, 0.2) is 5.76 Å². The summed E-state index contributed by atoms with van der Waals surface area (Å²) in [5, 5.41) is 10.6. The van der Waals surface area contributed by atoms with Crippen molar-refractivity contribution in [3.05, 3.63) is 88.3 Å². The molecular weight excluding hydrogens is 540 g/mol. The van der Waals surface area contributed by atoms with Crippen LogP contribution in [-0.2, 0) is 20.9 Å². The molecule has 0 aliphatic carbocycles. The van der Waals surface area contributed by atoms with Gasteiger partial charge in [-0.25, -0.2) is 0 Å². The van der Waals surface area contributed by atoms with Crippen LogP contribution in [0.2, 0.25) is 0 Å². The number of thiocarbonyl (C=S) groups is 1. The summed E-state index contributed by atoms with van der Waals surface area (Å²) < 4.78 is 17.3. The summed E-state index contributed by atoms with van der Waals surface area (Å²) in [6, 6.07) is 12.5. The van der Waals surface area contributed by atoms with Crippen molar-refractivity contribution in [3.8, 4) is 11.5 Å². The minimum absolute atomic E-state index is 0.0354. The van der Waals surface area contributed by atoms with Crippen LogP contribution < -0.4 is 9.47 Å². The van der Waals surface area contributed by atoms with Gasteiger partial charge in [0.25, 0.3) is 5.69 Å². The van der Waals surface area contributed by atoms with Gasteiger partial charge in [-0.1, -0.05) is 26.8 Å². The van der Waals surface area contributed by atoms with Crippen LogP contribution in [0.15, 0.2) is 72.6 Å². The SMILES string of the molecule is C=CCSC1CC(=O)N1C(C(=S)OCc1ccc([N+](=O)[O-])cc1)=C(Oc1ccc(OC)cc1)C(=O)C(C)(C)C. The molecule has 9 nitrogen and oxygen atoms in total. The van der Waals surface area contributed by atoms with Gasteiger partial charge in [0.1, 0.15) is 23.8 Å². The number of Topliss-reactive ketones (excluding diaryl/α,β-unsaturated/α-hetero) is 1. The number of rotatable bonds is 12. The van der Waals surface area contributed by atoms with E-state index in [0.29, 0.717) is 22.8 Å². The van der Waals surface area contributed by atoms with Crippen molar-refractivity contribution >= 4 is 46.4 Å². The molecule has 206 valence electrons. The second kappa shape index (κ2) is 12.9. The number of methoxy groups -OCH3 is 1. The number of hydrogen-bond acceptors (Lipinski definition) is 9. The van der Waals surface area contributed by atoms with E-state index in [0.717, 1.165) is 0 Å². The van der Waals surface area contributed by atoms with Crippen molar-refractivity contribution in [2.45, 2.75) is 39.2 Å². The summed E-state index contributed by atoms with van der Waals surface area (Å²) in [4.78, 5) is 38.6. The molecule has 11 heteroatoms. The Hall–Kier alpha value is -3.70. The summed E-state index contributed by atoms with van der Waals surface area (Å²) in [5.41, 5.74) is -0.241. The molecule has 1 unspecified atom stereocenters. The number of carbonyl (C=O) groups is 2. The first-order valence-electron chi connectivity index (χ1n) is 12.0. The summed E-state index contributed by atoms with van der Waals surface area (Å²) in [5.74, 6) is 0.823. The molecule has 0 saturated carbocycles. The lowest BCUT2D eigenvalue weighted by Crippen LogP contribution is -2.53. The first-order valence-corrected chi connectivity index (χ1v) is 13.5. The maximum atomic E-state index is 13.7. The van der Waals surface area contributed by atoms with E-state index in [1.54, 1.807) is 70.4 Å². The van der Waals surface area contributed by atoms with E-state index < -0.39 is 10.3 Å². The number of ketones is 1. The average Bonchev–Trinajstić information content (AvgIpc) is 2.91. The average molecular weight is 571 g/mol. The van der Waals surface area contributed by atoms with Gasteiger partial charge in [0, 0.05) is 23.3 Å². The third-order valence-electron chi connectivity index (χ3n) is 5.65. The van der Waals surface area contributed by atoms with Crippen LogP contribution in [-0.4, -0.2) is 44.8 Å². The number of hydrogen-bond donors (Lipinski definition) is 0. The van der Waals surface area contributed by atoms with Crippen LogP contribution in [0.3, 0.4) is 0 Å². The lowest BCUT2D eigenvalue weighted by atomic mass is 9.88. The largest absolute Gasteiger partial charge is 0.497 e. The van der Waals surface area contributed by atoms with Crippen LogP contribution in [0.5, 0.6) is 11.5 Å². The highest BCUT2D eigenvalue weighted by Gasteiger charge is 2.44. The van der Waals surface area contributed by atoms with Crippen molar-refractivity contribution in [3.63, 3.8) is 0 Å². The van der Waals surface area contributed by atoms with Crippen molar-refractivity contribution in [2.24, 2.45) is 5.41 Å². The normalized spacial score (nSPS) is 15.5. The van der Waals surface area contributed by atoms with E-state index in [2.05, 4.69) is 6.58 Å². The van der Waals surface area contributed by atoms with Gasteiger partial charge in [-0.15, -0.1) is 18.3 Å². The number of allylic oxidation sites excluding steroid dienone is 1. The molecule has 39 heavy (non-hydrogen) atoms. The number of benzene rings is 2. The number of thioether (sulfide) groups is 1. The molecule has 2 aromatic rings. The number of nitro groups is 1. The molecule has 3 rings (SSSR count). The highest BCUT2D eigenvalue weighted by Crippen LogP contribution is 2.37. The van der Waals surface area contributed by atoms with Crippen LogP contribution >= 0.6 is 24.0 Å². The van der Waals surface area contributed by atoms with Gasteiger partial charge in [0.2, 0.25) is 16.7 Å². The Morgan fingerprint density at radius 1 is 1.18 bits per heavy atom. The van der Waals surface area contributed by atoms with Gasteiger partial charge in [-0.2, -0.15) is 0 Å². The molecule has 1 saturated heterocycles. The van der Waals surface area contributed by atoms with Crippen LogP contribution in [0.1, 0.15) is 32.8 Å². The Bertz CT molecular complexity index is 1280. The smallest absolute Gasteiger partial charge is 0.269 e. The topological polar surface area (TPSA) is 108 Å². The fraction of sp³-hybridized carbons (Fsp3) is 0.321. The summed E-state index contributed by atoms with van der Waals surface area (Å²) in [6.07, 6.45) is 1.99. The second-order valence-corrected chi connectivity index (χ2v) is 11.2. The molecule has 2 aromatic carbocycles. The number of β-lactam (4-membered cyclic amide) rings is 1. The maximum absolute atomic E-state index is 13.7. The van der Waals surface area contributed by atoms with Crippen molar-refractivity contribution in [1.82, 2.24) is 4.90 Å². The Kier molecular flexibility index (Phi) is 9.87. The first kappa shape index (κ1) is 29.9. The quantitative estimate of drug-likeness (QED) is 0.0592. The summed E-state index contributed by atoms with van der Waals surface area (Å²) in [6.45, 7) is 8.94. The van der Waals surface area contributed by atoms with Gasteiger partial charge >= 0.3 is 0 Å². The minimum atomic E-state index is -0.876. The Morgan fingerprint density at radius 3 is 2.31 bits per heavy atom. The van der Waals surface area contributed by atoms with Crippen molar-refractivity contribution in [2.75, 3.05) is 12.9 Å². The van der Waals surface area contributed by atoms with Gasteiger partial charge in [-0.3, -0.25) is 24.6 Å². The van der Waals surface area contributed by atoms with E-state index in [1.807, 2.05) is 0 Å². The lowest BCUT2D eigenvalue weighted by Gasteiger charge is -2.41. The van der Waals surface area contributed by atoms with Crippen molar-refractivity contribution in [1.29, 1.82) is 0 Å².